The van der Waals surface area contributed by atoms with Crippen molar-refractivity contribution in [1.29, 1.82) is 0 Å². The topological polar surface area (TPSA) is 174 Å². The number of nitrogens with two attached hydrogens (primary N) is 2. The normalized spacial score (nSPS) is 14.5. The molecule has 14 heteroatoms. The zero-order valence-corrected chi connectivity index (χ0v) is 25.0. The number of benzene rings is 2. The lowest BCUT2D eigenvalue weighted by Gasteiger charge is -2.40. The van der Waals surface area contributed by atoms with Gasteiger partial charge in [-0.25, -0.2) is 15.0 Å². The number of halogens is 2. The molecule has 3 amide bonds. The van der Waals surface area contributed by atoms with Gasteiger partial charge in [-0.3, -0.25) is 19.0 Å². The molecule has 6 N–H and O–H groups in total. The molecule has 0 saturated carbocycles. The number of aromatic nitrogens is 4. The first-order chi connectivity index (χ1) is 20.6. The van der Waals surface area contributed by atoms with Gasteiger partial charge >= 0.3 is 0 Å². The summed E-state index contributed by atoms with van der Waals surface area (Å²) in [4.78, 5) is 52.6. The number of likely N-dealkylation sites (N-methyl/N-ethyl adjacent to an activating group) is 1. The maximum Gasteiger partial charge on any atom is 0.237 e. The fourth-order valence-corrected chi connectivity index (χ4v) is 5.64. The molecule has 43 heavy (non-hydrogen) atoms. The first-order valence-electron chi connectivity index (χ1n) is 13.8. The van der Waals surface area contributed by atoms with Crippen LogP contribution in [0.1, 0.15) is 32.0 Å². The van der Waals surface area contributed by atoms with Crippen LogP contribution < -0.4 is 27.0 Å². The second-order valence-corrected chi connectivity index (χ2v) is 11.1. The number of carbonyl (C=O) groups is 3. The lowest BCUT2D eigenvalue weighted by molar-refractivity contribution is -0.128. The van der Waals surface area contributed by atoms with E-state index >= 15 is 0 Å². The van der Waals surface area contributed by atoms with E-state index in [9.17, 15) is 14.4 Å². The zero-order chi connectivity index (χ0) is 30.7. The molecule has 2 aromatic carbocycles. The molecule has 0 radical (unpaired) electrons. The van der Waals surface area contributed by atoms with E-state index in [0.717, 1.165) is 5.69 Å². The molecule has 224 valence electrons. The van der Waals surface area contributed by atoms with Gasteiger partial charge in [0.25, 0.3) is 0 Å². The van der Waals surface area contributed by atoms with Gasteiger partial charge in [-0.15, -0.1) is 0 Å². The number of amides is 3. The van der Waals surface area contributed by atoms with E-state index in [1.807, 2.05) is 46.7 Å². The van der Waals surface area contributed by atoms with Crippen molar-refractivity contribution in [3.63, 3.8) is 0 Å². The van der Waals surface area contributed by atoms with E-state index in [2.05, 4.69) is 10.6 Å². The molecule has 1 aliphatic rings. The maximum absolute atomic E-state index is 12.4. The van der Waals surface area contributed by atoms with Gasteiger partial charge in [0.1, 0.15) is 17.8 Å². The first-order valence-corrected chi connectivity index (χ1v) is 14.5. The van der Waals surface area contributed by atoms with E-state index in [4.69, 9.17) is 49.6 Å². The van der Waals surface area contributed by atoms with Gasteiger partial charge in [0, 0.05) is 29.4 Å². The molecule has 12 nitrogen and oxygen atoms in total. The van der Waals surface area contributed by atoms with Crippen LogP contribution >= 0.6 is 23.2 Å². The summed E-state index contributed by atoms with van der Waals surface area (Å²) < 4.78 is 1.86. The highest BCUT2D eigenvalue weighted by atomic mass is 35.5. The maximum atomic E-state index is 12.4. The lowest BCUT2D eigenvalue weighted by atomic mass is 9.86. The first kappa shape index (κ1) is 30.2. The standard InChI is InChI=1S/C29H31Cl2N9O3/c1-2-35-29(28(33)43)11-13-39(14-12-29)26-24-27(37-22(36-26)16-34-23(42)15-21(32)41)40(18-9-7-17(30)8-10-18)25(38-24)19-5-3-4-6-20(19)31/h3-10,35H,2,11-16H2,1H3,(H2,32,41)(H2,33,43)(H,34,42). The largest absolute Gasteiger partial charge is 0.369 e. The van der Waals surface area contributed by atoms with Crippen LogP contribution in [0.2, 0.25) is 10.0 Å². The number of piperidine rings is 1. The van der Waals surface area contributed by atoms with Crippen molar-refractivity contribution in [2.24, 2.45) is 11.5 Å². The fraction of sp³-hybridized carbons (Fsp3) is 0.310. The second kappa shape index (κ2) is 12.5. The third-order valence-electron chi connectivity index (χ3n) is 7.42. The molecule has 0 bridgehead atoms. The van der Waals surface area contributed by atoms with Crippen LogP contribution in [0, 0.1) is 0 Å². The molecule has 0 unspecified atom stereocenters. The Labute approximate surface area is 257 Å². The summed E-state index contributed by atoms with van der Waals surface area (Å²) in [5, 5.41) is 6.99. The summed E-state index contributed by atoms with van der Waals surface area (Å²) in [6, 6.07) is 14.6. The van der Waals surface area contributed by atoms with Crippen molar-refractivity contribution in [3.8, 4) is 17.1 Å². The molecule has 2 aromatic heterocycles. The summed E-state index contributed by atoms with van der Waals surface area (Å²) >= 11 is 12.9. The van der Waals surface area contributed by atoms with Gasteiger partial charge < -0.3 is 27.0 Å². The smallest absolute Gasteiger partial charge is 0.237 e. The van der Waals surface area contributed by atoms with E-state index in [1.54, 1.807) is 18.2 Å². The Morgan fingerprint density at radius 1 is 0.977 bits per heavy atom. The Hall–Kier alpha value is -4.26. The Bertz CT molecular complexity index is 1680. The lowest BCUT2D eigenvalue weighted by Crippen LogP contribution is -2.61. The highest BCUT2D eigenvalue weighted by molar-refractivity contribution is 6.33. The van der Waals surface area contributed by atoms with Gasteiger partial charge in [0.05, 0.1) is 11.6 Å². The number of primary amides is 2. The summed E-state index contributed by atoms with van der Waals surface area (Å²) in [5.74, 6) is -0.334. The SMILES string of the molecule is CCNC1(C(N)=O)CCN(c2nc(CNC(=O)CC(N)=O)nc3c2nc(-c2ccccc2Cl)n3-c2ccc(Cl)cc2)CC1. The van der Waals surface area contributed by atoms with Crippen LogP contribution in [0.25, 0.3) is 28.2 Å². The van der Waals surface area contributed by atoms with Crippen molar-refractivity contribution < 1.29 is 14.4 Å². The minimum Gasteiger partial charge on any atom is -0.369 e. The van der Waals surface area contributed by atoms with E-state index in [1.165, 1.54) is 0 Å². The number of nitrogens with zero attached hydrogens (tertiary/aromatic N) is 5. The van der Waals surface area contributed by atoms with Crippen LogP contribution in [0.5, 0.6) is 0 Å². The molecular weight excluding hydrogens is 593 g/mol. The van der Waals surface area contributed by atoms with Crippen LogP contribution in [0.15, 0.2) is 48.5 Å². The number of hydrogen-bond acceptors (Lipinski definition) is 8. The van der Waals surface area contributed by atoms with E-state index in [-0.39, 0.29) is 6.54 Å². The third-order valence-corrected chi connectivity index (χ3v) is 8.00. The van der Waals surface area contributed by atoms with Crippen molar-refractivity contribution in [2.45, 2.75) is 38.3 Å². The number of hydrogen-bond donors (Lipinski definition) is 4. The summed E-state index contributed by atoms with van der Waals surface area (Å²) in [6.07, 6.45) is 0.462. The Morgan fingerprint density at radius 2 is 1.67 bits per heavy atom. The van der Waals surface area contributed by atoms with Crippen molar-refractivity contribution in [2.75, 3.05) is 24.5 Å². The van der Waals surface area contributed by atoms with Crippen molar-refractivity contribution in [3.05, 3.63) is 64.4 Å². The van der Waals surface area contributed by atoms with Crippen LogP contribution in [0.4, 0.5) is 5.82 Å². The average Bonchev–Trinajstić information content (AvgIpc) is 3.35. The van der Waals surface area contributed by atoms with Gasteiger partial charge in [-0.1, -0.05) is 42.3 Å². The highest BCUT2D eigenvalue weighted by Gasteiger charge is 2.40. The second-order valence-electron chi connectivity index (χ2n) is 10.2. The Balaban J connectivity index is 1.68. The Morgan fingerprint density at radius 3 is 2.30 bits per heavy atom. The summed E-state index contributed by atoms with van der Waals surface area (Å²) in [7, 11) is 0. The Kier molecular flexibility index (Phi) is 8.81. The molecule has 1 saturated heterocycles. The molecule has 0 aliphatic carbocycles. The molecule has 5 rings (SSSR count). The molecule has 3 heterocycles. The quantitative estimate of drug-likeness (QED) is 0.195. The monoisotopic (exact) mass is 623 g/mol. The minimum absolute atomic E-state index is 0.0568. The van der Waals surface area contributed by atoms with Crippen molar-refractivity contribution in [1.82, 2.24) is 30.2 Å². The van der Waals surface area contributed by atoms with Crippen LogP contribution in [-0.4, -0.2) is 62.4 Å². The van der Waals surface area contributed by atoms with E-state index in [0.29, 0.717) is 76.7 Å². The van der Waals surface area contributed by atoms with Gasteiger partial charge in [-0.05, 0) is 55.8 Å². The van der Waals surface area contributed by atoms with Crippen molar-refractivity contribution >= 4 is 57.9 Å². The van der Waals surface area contributed by atoms with Gasteiger partial charge in [-0.2, -0.15) is 0 Å². The minimum atomic E-state index is -0.825. The zero-order valence-electron chi connectivity index (χ0n) is 23.4. The highest BCUT2D eigenvalue weighted by Crippen LogP contribution is 2.36. The predicted octanol–water partition coefficient (Wildman–Crippen LogP) is 2.71. The van der Waals surface area contributed by atoms with E-state index < -0.39 is 29.7 Å². The number of nitrogens with one attached hydrogen (secondary N) is 2. The van der Waals surface area contributed by atoms with Crippen LogP contribution in [0.3, 0.4) is 0 Å². The fourth-order valence-electron chi connectivity index (χ4n) is 5.29. The van der Waals surface area contributed by atoms with Gasteiger partial charge in [0.15, 0.2) is 22.8 Å². The molecule has 1 fully saturated rings. The number of imidazole rings is 1. The number of anilines is 1. The molecule has 0 spiro atoms. The molecular formula is C29H31Cl2N9O3. The summed E-state index contributed by atoms with van der Waals surface area (Å²) in [6.45, 7) is 3.40. The molecule has 1 aliphatic heterocycles. The van der Waals surface area contributed by atoms with Crippen LogP contribution in [-0.2, 0) is 20.9 Å². The third kappa shape index (κ3) is 6.26. The van der Waals surface area contributed by atoms with Gasteiger partial charge in [0.2, 0.25) is 17.7 Å². The number of fused-ring (bicyclic) bond motifs is 1. The molecule has 4 aromatic rings. The number of rotatable bonds is 10. The average molecular weight is 625 g/mol. The number of carbonyl (C=O) groups excluding carboxylic acids is 3. The molecule has 0 atom stereocenters. The summed E-state index contributed by atoms with van der Waals surface area (Å²) in [5.41, 5.74) is 12.6. The predicted molar refractivity (Wildman–Crippen MR) is 165 cm³/mol.